The summed E-state index contributed by atoms with van der Waals surface area (Å²) in [7, 11) is 0. The molecule has 3 rings (SSSR count). The number of hydrogen-bond donors (Lipinski definition) is 1. The van der Waals surface area contributed by atoms with Crippen molar-refractivity contribution in [2.75, 3.05) is 5.32 Å². The van der Waals surface area contributed by atoms with Crippen LogP contribution >= 0.6 is 0 Å². The lowest BCUT2D eigenvalue weighted by molar-refractivity contribution is 1.45. The number of anilines is 2. The number of rotatable bonds is 2. The van der Waals surface area contributed by atoms with Gasteiger partial charge >= 0.3 is 0 Å². The molecule has 0 aromatic heterocycles. The van der Waals surface area contributed by atoms with Crippen molar-refractivity contribution in [3.63, 3.8) is 0 Å². The molecule has 0 amide bonds. The Balaban J connectivity index is 2.06. The molecule has 0 fully saturated rings. The molecule has 0 aliphatic rings. The van der Waals surface area contributed by atoms with Gasteiger partial charge in [0.15, 0.2) is 0 Å². The molecule has 19 heavy (non-hydrogen) atoms. The maximum Gasteiger partial charge on any atom is 0.0420 e. The maximum absolute atomic E-state index is 3.48. The molecule has 1 nitrogen and oxygen atoms in total. The summed E-state index contributed by atoms with van der Waals surface area (Å²) >= 11 is 0. The van der Waals surface area contributed by atoms with Crippen LogP contribution in [0.4, 0.5) is 11.4 Å². The zero-order valence-corrected chi connectivity index (χ0v) is 11.3. The summed E-state index contributed by atoms with van der Waals surface area (Å²) in [5.41, 5.74) is 4.89. The molecule has 3 aromatic carbocycles. The average Bonchev–Trinajstić information content (AvgIpc) is 2.43. The highest BCUT2D eigenvalue weighted by molar-refractivity contribution is 5.91. The van der Waals surface area contributed by atoms with Crippen molar-refractivity contribution < 1.29 is 0 Å². The Kier molecular flexibility index (Phi) is 2.96. The summed E-state index contributed by atoms with van der Waals surface area (Å²) in [5.74, 6) is 0. The van der Waals surface area contributed by atoms with Gasteiger partial charge in [-0.15, -0.1) is 0 Å². The first-order chi connectivity index (χ1) is 9.24. The lowest BCUT2D eigenvalue weighted by Gasteiger charge is -2.12. The van der Waals surface area contributed by atoms with Crippen molar-refractivity contribution >= 4 is 22.1 Å². The average molecular weight is 247 g/mol. The molecule has 0 aliphatic carbocycles. The molecule has 0 heterocycles. The Bertz CT molecular complexity index is 714. The van der Waals surface area contributed by atoms with Crippen molar-refractivity contribution in [1.82, 2.24) is 0 Å². The van der Waals surface area contributed by atoms with Crippen molar-refractivity contribution in [1.29, 1.82) is 0 Å². The van der Waals surface area contributed by atoms with E-state index in [9.17, 15) is 0 Å². The van der Waals surface area contributed by atoms with E-state index in [0.717, 1.165) is 5.69 Å². The zero-order valence-electron chi connectivity index (χ0n) is 11.3. The van der Waals surface area contributed by atoms with Crippen LogP contribution in [0, 0.1) is 13.8 Å². The van der Waals surface area contributed by atoms with Crippen LogP contribution in [0.2, 0.25) is 0 Å². The van der Waals surface area contributed by atoms with Crippen molar-refractivity contribution in [2.45, 2.75) is 13.8 Å². The summed E-state index contributed by atoms with van der Waals surface area (Å²) in [6, 6.07) is 21.2. The Morgan fingerprint density at radius 1 is 0.789 bits per heavy atom. The van der Waals surface area contributed by atoms with Crippen LogP contribution in [0.15, 0.2) is 60.7 Å². The molecular weight excluding hydrogens is 230 g/mol. The highest BCUT2D eigenvalue weighted by Crippen LogP contribution is 2.28. The molecule has 0 atom stereocenters. The fourth-order valence-electron chi connectivity index (χ4n) is 2.42. The smallest absolute Gasteiger partial charge is 0.0420 e. The second-order valence-electron chi connectivity index (χ2n) is 4.95. The minimum absolute atomic E-state index is 1.12. The van der Waals surface area contributed by atoms with Crippen molar-refractivity contribution in [3.8, 4) is 0 Å². The molecule has 0 bridgehead atoms. The minimum atomic E-state index is 1.12. The van der Waals surface area contributed by atoms with Gasteiger partial charge in [-0.05, 0) is 48.4 Å². The van der Waals surface area contributed by atoms with Crippen LogP contribution in [-0.2, 0) is 0 Å². The summed E-state index contributed by atoms with van der Waals surface area (Å²) in [6.45, 7) is 4.30. The molecule has 3 aromatic rings. The highest BCUT2D eigenvalue weighted by atomic mass is 14.9. The van der Waals surface area contributed by atoms with E-state index >= 15 is 0 Å². The normalized spacial score (nSPS) is 10.6. The molecule has 0 spiro atoms. The first-order valence-corrected chi connectivity index (χ1v) is 6.56. The van der Waals surface area contributed by atoms with Crippen molar-refractivity contribution in [2.24, 2.45) is 0 Å². The largest absolute Gasteiger partial charge is 0.355 e. The van der Waals surface area contributed by atoms with E-state index in [1.54, 1.807) is 0 Å². The number of hydrogen-bond acceptors (Lipinski definition) is 1. The third kappa shape index (κ3) is 2.32. The maximum atomic E-state index is 3.48. The van der Waals surface area contributed by atoms with Gasteiger partial charge < -0.3 is 5.32 Å². The lowest BCUT2D eigenvalue weighted by Crippen LogP contribution is -1.93. The molecule has 1 N–H and O–H groups in total. The Morgan fingerprint density at radius 3 is 2.37 bits per heavy atom. The van der Waals surface area contributed by atoms with Gasteiger partial charge in [0.05, 0.1) is 0 Å². The molecule has 0 aliphatic heterocycles. The van der Waals surface area contributed by atoms with Gasteiger partial charge in [0.1, 0.15) is 0 Å². The van der Waals surface area contributed by atoms with Gasteiger partial charge in [-0.25, -0.2) is 0 Å². The summed E-state index contributed by atoms with van der Waals surface area (Å²) in [4.78, 5) is 0. The quantitative estimate of drug-likeness (QED) is 0.656. The third-order valence-corrected chi connectivity index (χ3v) is 3.50. The second-order valence-corrected chi connectivity index (χ2v) is 4.95. The topological polar surface area (TPSA) is 12.0 Å². The highest BCUT2D eigenvalue weighted by Gasteiger charge is 2.03. The summed E-state index contributed by atoms with van der Waals surface area (Å²) < 4.78 is 0. The summed E-state index contributed by atoms with van der Waals surface area (Å²) in [5, 5.41) is 6.09. The number of para-hydroxylation sites is 1. The molecule has 0 radical (unpaired) electrons. The van der Waals surface area contributed by atoms with Gasteiger partial charge in [-0.3, -0.25) is 0 Å². The minimum Gasteiger partial charge on any atom is -0.355 e. The molecule has 0 saturated carbocycles. The number of nitrogens with one attached hydrogen (secondary N) is 1. The van der Waals surface area contributed by atoms with Crippen LogP contribution < -0.4 is 5.32 Å². The lowest BCUT2D eigenvalue weighted by atomic mass is 10.0. The van der Waals surface area contributed by atoms with E-state index in [1.807, 2.05) is 18.2 Å². The van der Waals surface area contributed by atoms with Gasteiger partial charge in [0.2, 0.25) is 0 Å². The van der Waals surface area contributed by atoms with Gasteiger partial charge in [0, 0.05) is 11.4 Å². The monoisotopic (exact) mass is 247 g/mol. The first kappa shape index (κ1) is 11.8. The standard InChI is InChI=1S/C18H17N/c1-13-8-10-17-14(2)18(11-9-15(17)12-13)19-16-6-4-3-5-7-16/h3-12,19H,1-2H3. The van der Waals surface area contributed by atoms with Crippen LogP contribution in [0.3, 0.4) is 0 Å². The van der Waals surface area contributed by atoms with Gasteiger partial charge in [-0.1, -0.05) is 48.0 Å². The van der Waals surface area contributed by atoms with E-state index in [2.05, 4.69) is 61.6 Å². The fraction of sp³-hybridized carbons (Fsp3) is 0.111. The van der Waals surface area contributed by atoms with E-state index < -0.39 is 0 Å². The molecular formula is C18H17N. The number of benzene rings is 3. The van der Waals surface area contributed by atoms with Gasteiger partial charge in [-0.2, -0.15) is 0 Å². The molecule has 1 heteroatoms. The zero-order chi connectivity index (χ0) is 13.2. The van der Waals surface area contributed by atoms with E-state index in [4.69, 9.17) is 0 Å². The van der Waals surface area contributed by atoms with Crippen LogP contribution in [0.1, 0.15) is 11.1 Å². The predicted molar refractivity (Wildman–Crippen MR) is 83.1 cm³/mol. The van der Waals surface area contributed by atoms with Crippen LogP contribution in [0.5, 0.6) is 0 Å². The SMILES string of the molecule is Cc1ccc2c(C)c(Nc3ccccc3)ccc2c1. The van der Waals surface area contributed by atoms with Crippen LogP contribution in [0.25, 0.3) is 10.8 Å². The fourth-order valence-corrected chi connectivity index (χ4v) is 2.42. The van der Waals surface area contributed by atoms with E-state index in [1.165, 1.54) is 27.6 Å². The van der Waals surface area contributed by atoms with E-state index in [-0.39, 0.29) is 0 Å². The summed E-state index contributed by atoms with van der Waals surface area (Å²) in [6.07, 6.45) is 0. The Hall–Kier alpha value is -2.28. The molecule has 0 unspecified atom stereocenters. The number of fused-ring (bicyclic) bond motifs is 1. The van der Waals surface area contributed by atoms with Crippen molar-refractivity contribution in [3.05, 3.63) is 71.8 Å². The van der Waals surface area contributed by atoms with Crippen LogP contribution in [-0.4, -0.2) is 0 Å². The number of aryl methyl sites for hydroxylation is 2. The third-order valence-electron chi connectivity index (χ3n) is 3.50. The Morgan fingerprint density at radius 2 is 1.58 bits per heavy atom. The molecule has 94 valence electrons. The second kappa shape index (κ2) is 4.77. The van der Waals surface area contributed by atoms with Gasteiger partial charge in [0.25, 0.3) is 0 Å². The first-order valence-electron chi connectivity index (χ1n) is 6.56. The Labute approximate surface area is 113 Å². The van der Waals surface area contributed by atoms with E-state index in [0.29, 0.717) is 0 Å². The molecule has 0 saturated heterocycles. The predicted octanol–water partition coefficient (Wildman–Crippen LogP) is 5.20.